The van der Waals surface area contributed by atoms with Gasteiger partial charge in [-0.25, -0.2) is 0 Å². The molecular formula is C17H26O3S. The molecule has 0 aliphatic carbocycles. The van der Waals surface area contributed by atoms with E-state index in [9.17, 15) is 9.59 Å². The highest BCUT2D eigenvalue weighted by atomic mass is 32.1. The van der Waals surface area contributed by atoms with Crippen LogP contribution in [0.5, 0.6) is 0 Å². The molecule has 0 amide bonds. The molecule has 4 heteroatoms. The van der Waals surface area contributed by atoms with Crippen LogP contribution in [0.4, 0.5) is 0 Å². The van der Waals surface area contributed by atoms with E-state index >= 15 is 0 Å². The number of aryl methyl sites for hydroxylation is 1. The Labute approximate surface area is 131 Å². The van der Waals surface area contributed by atoms with E-state index in [0.717, 1.165) is 43.4 Å². The molecule has 0 aliphatic rings. The summed E-state index contributed by atoms with van der Waals surface area (Å²) in [6, 6.07) is 3.93. The second kappa shape index (κ2) is 10.6. The lowest BCUT2D eigenvalue weighted by molar-refractivity contribution is -0.143. The van der Waals surface area contributed by atoms with Crippen LogP contribution in [0.1, 0.15) is 72.8 Å². The van der Waals surface area contributed by atoms with Gasteiger partial charge in [0.05, 0.1) is 11.5 Å². The van der Waals surface area contributed by atoms with Gasteiger partial charge >= 0.3 is 5.97 Å². The van der Waals surface area contributed by atoms with Crippen LogP contribution in [-0.2, 0) is 9.53 Å². The third kappa shape index (κ3) is 8.00. The summed E-state index contributed by atoms with van der Waals surface area (Å²) in [4.78, 5) is 25.1. The molecule has 0 unspecified atom stereocenters. The molecule has 1 aromatic rings. The average molecular weight is 310 g/mol. The van der Waals surface area contributed by atoms with Crippen molar-refractivity contribution < 1.29 is 14.3 Å². The first kappa shape index (κ1) is 17.9. The third-order valence-electron chi connectivity index (χ3n) is 3.36. The molecule has 0 radical (unpaired) electrons. The number of unbranched alkanes of at least 4 members (excludes halogenated alkanes) is 5. The quantitative estimate of drug-likeness (QED) is 0.331. The summed E-state index contributed by atoms with van der Waals surface area (Å²) in [6.07, 6.45) is 7.49. The fourth-order valence-corrected chi connectivity index (χ4v) is 3.04. The van der Waals surface area contributed by atoms with Crippen molar-refractivity contribution in [3.05, 3.63) is 21.9 Å². The smallest absolute Gasteiger partial charge is 0.305 e. The van der Waals surface area contributed by atoms with E-state index < -0.39 is 0 Å². The molecule has 0 bridgehead atoms. The van der Waals surface area contributed by atoms with Gasteiger partial charge in [0.15, 0.2) is 5.78 Å². The molecule has 118 valence electrons. The van der Waals surface area contributed by atoms with Crippen LogP contribution >= 0.6 is 11.3 Å². The summed E-state index contributed by atoms with van der Waals surface area (Å²) in [6.45, 7) is 4.32. The van der Waals surface area contributed by atoms with Crippen LogP contribution in [0, 0.1) is 6.92 Å². The zero-order valence-corrected chi connectivity index (χ0v) is 14.0. The SMILES string of the molecule is CCOC(=O)CCCCCCCCC(=O)c1ccc(C)s1. The van der Waals surface area contributed by atoms with Gasteiger partial charge in [-0.3, -0.25) is 9.59 Å². The number of esters is 1. The van der Waals surface area contributed by atoms with Gasteiger partial charge in [0.2, 0.25) is 0 Å². The zero-order valence-electron chi connectivity index (χ0n) is 13.2. The fourth-order valence-electron chi connectivity index (χ4n) is 2.20. The number of hydrogen-bond donors (Lipinski definition) is 0. The topological polar surface area (TPSA) is 43.4 Å². The summed E-state index contributed by atoms with van der Waals surface area (Å²) in [7, 11) is 0. The molecule has 1 heterocycles. The monoisotopic (exact) mass is 310 g/mol. The van der Waals surface area contributed by atoms with E-state index in [1.807, 2.05) is 26.0 Å². The van der Waals surface area contributed by atoms with Crippen molar-refractivity contribution in [1.29, 1.82) is 0 Å². The summed E-state index contributed by atoms with van der Waals surface area (Å²) in [5, 5.41) is 0. The predicted octanol–water partition coefficient (Wildman–Crippen LogP) is 4.92. The molecule has 0 saturated heterocycles. The lowest BCUT2D eigenvalue weighted by Crippen LogP contribution is -2.03. The second-order valence-electron chi connectivity index (χ2n) is 5.26. The summed E-state index contributed by atoms with van der Waals surface area (Å²) < 4.78 is 4.88. The maximum atomic E-state index is 11.9. The number of carbonyl (C=O) groups excluding carboxylic acids is 2. The predicted molar refractivity (Wildman–Crippen MR) is 87.0 cm³/mol. The Bertz CT molecular complexity index is 437. The van der Waals surface area contributed by atoms with Gasteiger partial charge in [-0.1, -0.05) is 25.7 Å². The maximum Gasteiger partial charge on any atom is 0.305 e. The lowest BCUT2D eigenvalue weighted by atomic mass is 10.1. The van der Waals surface area contributed by atoms with Gasteiger partial charge in [0, 0.05) is 17.7 Å². The van der Waals surface area contributed by atoms with Crippen LogP contribution < -0.4 is 0 Å². The number of thiophene rings is 1. The van der Waals surface area contributed by atoms with Gasteiger partial charge in [0.25, 0.3) is 0 Å². The average Bonchev–Trinajstić information content (AvgIpc) is 2.88. The molecule has 0 aliphatic heterocycles. The standard InChI is InChI=1S/C17H26O3S/c1-3-20-17(19)11-9-7-5-4-6-8-10-15(18)16-13-12-14(2)21-16/h12-13H,3-11H2,1-2H3. The Kier molecular flexibility index (Phi) is 8.99. The molecule has 0 saturated carbocycles. The van der Waals surface area contributed by atoms with Crippen molar-refractivity contribution >= 4 is 23.1 Å². The summed E-state index contributed by atoms with van der Waals surface area (Å²) in [5.41, 5.74) is 0. The Morgan fingerprint density at radius 1 is 1.00 bits per heavy atom. The van der Waals surface area contributed by atoms with Crippen molar-refractivity contribution in [2.75, 3.05) is 6.61 Å². The van der Waals surface area contributed by atoms with Crippen LogP contribution in [0.2, 0.25) is 0 Å². The largest absolute Gasteiger partial charge is 0.466 e. The van der Waals surface area contributed by atoms with Crippen molar-refractivity contribution in [2.24, 2.45) is 0 Å². The van der Waals surface area contributed by atoms with Crippen LogP contribution in [-0.4, -0.2) is 18.4 Å². The first-order chi connectivity index (χ1) is 10.1. The number of ether oxygens (including phenoxy) is 1. The fraction of sp³-hybridized carbons (Fsp3) is 0.647. The molecular weight excluding hydrogens is 284 g/mol. The van der Waals surface area contributed by atoms with Crippen LogP contribution in [0.3, 0.4) is 0 Å². The number of hydrogen-bond acceptors (Lipinski definition) is 4. The van der Waals surface area contributed by atoms with Gasteiger partial charge in [-0.05, 0) is 38.8 Å². The van der Waals surface area contributed by atoms with Crippen LogP contribution in [0.15, 0.2) is 12.1 Å². The first-order valence-electron chi connectivity index (χ1n) is 7.88. The molecule has 21 heavy (non-hydrogen) atoms. The normalized spacial score (nSPS) is 10.6. The molecule has 0 spiro atoms. The zero-order chi connectivity index (χ0) is 15.5. The van der Waals surface area contributed by atoms with Gasteiger partial charge in [-0.2, -0.15) is 0 Å². The summed E-state index contributed by atoms with van der Waals surface area (Å²) in [5.74, 6) is 0.185. The Morgan fingerprint density at radius 2 is 1.62 bits per heavy atom. The van der Waals surface area contributed by atoms with E-state index in [2.05, 4.69) is 0 Å². The minimum Gasteiger partial charge on any atom is -0.466 e. The Morgan fingerprint density at radius 3 is 2.19 bits per heavy atom. The minimum atomic E-state index is -0.0886. The third-order valence-corrected chi connectivity index (χ3v) is 4.40. The Balaban J connectivity index is 1.95. The number of ketones is 1. The minimum absolute atomic E-state index is 0.0886. The number of rotatable bonds is 11. The molecule has 1 rings (SSSR count). The van der Waals surface area contributed by atoms with Crippen molar-refractivity contribution in [3.8, 4) is 0 Å². The highest BCUT2D eigenvalue weighted by Crippen LogP contribution is 2.18. The van der Waals surface area contributed by atoms with Crippen molar-refractivity contribution in [1.82, 2.24) is 0 Å². The van der Waals surface area contributed by atoms with Gasteiger partial charge in [-0.15, -0.1) is 11.3 Å². The Hall–Kier alpha value is -1.16. The van der Waals surface area contributed by atoms with E-state index in [0.29, 0.717) is 19.4 Å². The van der Waals surface area contributed by atoms with Crippen molar-refractivity contribution in [3.63, 3.8) is 0 Å². The summed E-state index contributed by atoms with van der Waals surface area (Å²) >= 11 is 1.58. The molecule has 1 aromatic heterocycles. The van der Waals surface area contributed by atoms with E-state index in [4.69, 9.17) is 4.74 Å². The molecule has 0 atom stereocenters. The number of Topliss-reactive ketones (excluding diaryl/α,β-unsaturated/α-hetero) is 1. The van der Waals surface area contributed by atoms with Crippen molar-refractivity contribution in [2.45, 2.75) is 65.2 Å². The van der Waals surface area contributed by atoms with E-state index in [1.54, 1.807) is 11.3 Å². The maximum absolute atomic E-state index is 11.9. The highest BCUT2D eigenvalue weighted by Gasteiger charge is 2.07. The second-order valence-corrected chi connectivity index (χ2v) is 6.55. The lowest BCUT2D eigenvalue weighted by Gasteiger charge is -2.02. The van der Waals surface area contributed by atoms with E-state index in [-0.39, 0.29) is 11.8 Å². The molecule has 3 nitrogen and oxygen atoms in total. The molecule has 0 fully saturated rings. The highest BCUT2D eigenvalue weighted by molar-refractivity contribution is 7.14. The van der Waals surface area contributed by atoms with Gasteiger partial charge < -0.3 is 4.74 Å². The van der Waals surface area contributed by atoms with E-state index in [1.165, 1.54) is 4.88 Å². The van der Waals surface area contributed by atoms with Gasteiger partial charge in [0.1, 0.15) is 0 Å². The first-order valence-corrected chi connectivity index (χ1v) is 8.70. The molecule has 0 aromatic carbocycles. The van der Waals surface area contributed by atoms with Crippen LogP contribution in [0.25, 0.3) is 0 Å². The molecule has 0 N–H and O–H groups in total. The number of carbonyl (C=O) groups is 2.